The van der Waals surface area contributed by atoms with E-state index in [1.54, 1.807) is 0 Å². The molecule has 0 bridgehead atoms. The molecular formula is C17H20N2O2. The zero-order valence-corrected chi connectivity index (χ0v) is 12.2. The zero-order chi connectivity index (χ0) is 14.5. The molecule has 0 amide bonds. The van der Waals surface area contributed by atoms with Gasteiger partial charge >= 0.3 is 0 Å². The van der Waals surface area contributed by atoms with Gasteiger partial charge in [-0.25, -0.2) is 0 Å². The largest absolute Gasteiger partial charge is 0.490 e. The highest BCUT2D eigenvalue weighted by atomic mass is 16.5. The van der Waals surface area contributed by atoms with Crippen LogP contribution in [0.2, 0.25) is 0 Å². The van der Waals surface area contributed by atoms with Crippen molar-refractivity contribution in [3.8, 4) is 11.5 Å². The van der Waals surface area contributed by atoms with E-state index in [-0.39, 0.29) is 6.04 Å². The Balaban J connectivity index is 1.64. The van der Waals surface area contributed by atoms with E-state index in [0.717, 1.165) is 37.7 Å². The van der Waals surface area contributed by atoms with E-state index in [4.69, 9.17) is 9.47 Å². The number of pyridine rings is 1. The summed E-state index contributed by atoms with van der Waals surface area (Å²) in [5.41, 5.74) is 2.43. The van der Waals surface area contributed by atoms with E-state index in [0.29, 0.717) is 0 Å². The van der Waals surface area contributed by atoms with Crippen molar-refractivity contribution in [2.24, 2.45) is 0 Å². The molecule has 1 aliphatic heterocycles. The lowest BCUT2D eigenvalue weighted by Crippen LogP contribution is -2.18. The number of nitrogens with one attached hydrogen (secondary N) is 1. The molecule has 1 atom stereocenters. The number of aromatic nitrogens is 1. The maximum Gasteiger partial charge on any atom is 0.161 e. The lowest BCUT2D eigenvalue weighted by atomic mass is 10.1. The van der Waals surface area contributed by atoms with Gasteiger partial charge < -0.3 is 14.8 Å². The van der Waals surface area contributed by atoms with Gasteiger partial charge in [0.05, 0.1) is 13.2 Å². The van der Waals surface area contributed by atoms with Crippen molar-refractivity contribution in [2.75, 3.05) is 13.2 Å². The van der Waals surface area contributed by atoms with Gasteiger partial charge in [-0.15, -0.1) is 0 Å². The van der Waals surface area contributed by atoms with Crippen LogP contribution in [0.1, 0.15) is 30.5 Å². The molecule has 3 rings (SSSR count). The standard InChI is InChI=1S/C17H20N2O2/c1-13(15-5-7-18-8-6-15)19-12-14-3-4-16-17(11-14)21-10-2-9-20-16/h3-8,11,13,19H,2,9-10,12H2,1H3/t13-/m1/s1. The highest BCUT2D eigenvalue weighted by Gasteiger charge is 2.11. The molecule has 1 aromatic carbocycles. The second-order valence-corrected chi connectivity index (χ2v) is 5.21. The van der Waals surface area contributed by atoms with Gasteiger partial charge in [-0.1, -0.05) is 6.07 Å². The van der Waals surface area contributed by atoms with E-state index in [1.165, 1.54) is 11.1 Å². The number of hydrogen-bond donors (Lipinski definition) is 1. The molecule has 0 unspecified atom stereocenters. The minimum Gasteiger partial charge on any atom is -0.490 e. The van der Waals surface area contributed by atoms with Gasteiger partial charge in [0.15, 0.2) is 11.5 Å². The van der Waals surface area contributed by atoms with E-state index < -0.39 is 0 Å². The van der Waals surface area contributed by atoms with Crippen molar-refractivity contribution in [1.29, 1.82) is 0 Å². The molecule has 1 N–H and O–H groups in total. The molecule has 2 heterocycles. The summed E-state index contributed by atoms with van der Waals surface area (Å²) in [5.74, 6) is 1.70. The van der Waals surface area contributed by atoms with Crippen molar-refractivity contribution in [3.05, 3.63) is 53.9 Å². The third-order valence-corrected chi connectivity index (χ3v) is 3.63. The molecule has 1 aliphatic rings. The van der Waals surface area contributed by atoms with Crippen LogP contribution in [0.5, 0.6) is 11.5 Å². The van der Waals surface area contributed by atoms with Crippen molar-refractivity contribution in [1.82, 2.24) is 10.3 Å². The van der Waals surface area contributed by atoms with Crippen LogP contribution in [0.4, 0.5) is 0 Å². The summed E-state index contributed by atoms with van der Waals surface area (Å²) in [6.45, 7) is 4.39. The SMILES string of the molecule is C[C@@H](NCc1ccc2c(c1)OCCCO2)c1ccncc1. The van der Waals surface area contributed by atoms with E-state index in [9.17, 15) is 0 Å². The average molecular weight is 284 g/mol. The Bertz CT molecular complexity index is 587. The Labute approximate surface area is 125 Å². The first kappa shape index (κ1) is 13.9. The third kappa shape index (κ3) is 3.52. The number of rotatable bonds is 4. The number of hydrogen-bond acceptors (Lipinski definition) is 4. The maximum absolute atomic E-state index is 5.72. The fraction of sp³-hybridized carbons (Fsp3) is 0.353. The predicted octanol–water partition coefficient (Wildman–Crippen LogP) is 3.09. The highest BCUT2D eigenvalue weighted by Crippen LogP contribution is 2.30. The van der Waals surface area contributed by atoms with Crippen LogP contribution in [0.25, 0.3) is 0 Å². The van der Waals surface area contributed by atoms with Gasteiger partial charge in [-0.2, -0.15) is 0 Å². The van der Waals surface area contributed by atoms with Crippen molar-refractivity contribution < 1.29 is 9.47 Å². The van der Waals surface area contributed by atoms with Gasteiger partial charge in [0.2, 0.25) is 0 Å². The molecule has 1 aromatic heterocycles. The van der Waals surface area contributed by atoms with Crippen molar-refractivity contribution in [2.45, 2.75) is 25.9 Å². The monoisotopic (exact) mass is 284 g/mol. The van der Waals surface area contributed by atoms with Crippen molar-refractivity contribution >= 4 is 0 Å². The van der Waals surface area contributed by atoms with Crippen LogP contribution >= 0.6 is 0 Å². The predicted molar refractivity (Wildman–Crippen MR) is 81.5 cm³/mol. The molecule has 0 saturated carbocycles. The topological polar surface area (TPSA) is 43.4 Å². The smallest absolute Gasteiger partial charge is 0.161 e. The molecule has 110 valence electrons. The molecule has 0 spiro atoms. The lowest BCUT2D eigenvalue weighted by Gasteiger charge is -2.15. The van der Waals surface area contributed by atoms with Crippen LogP contribution in [-0.2, 0) is 6.54 Å². The molecule has 0 saturated heterocycles. The first-order valence-electron chi connectivity index (χ1n) is 7.35. The van der Waals surface area contributed by atoms with Gasteiger partial charge in [0, 0.05) is 31.4 Å². The second kappa shape index (κ2) is 6.59. The molecule has 4 heteroatoms. The summed E-state index contributed by atoms with van der Waals surface area (Å²) < 4.78 is 11.4. The minimum atomic E-state index is 0.281. The molecule has 21 heavy (non-hydrogen) atoms. The third-order valence-electron chi connectivity index (χ3n) is 3.63. The number of benzene rings is 1. The van der Waals surface area contributed by atoms with Crippen LogP contribution in [0.3, 0.4) is 0 Å². The highest BCUT2D eigenvalue weighted by molar-refractivity contribution is 5.43. The number of nitrogens with zero attached hydrogens (tertiary/aromatic N) is 1. The number of fused-ring (bicyclic) bond motifs is 1. The van der Waals surface area contributed by atoms with Gasteiger partial charge in [-0.05, 0) is 42.3 Å². The lowest BCUT2D eigenvalue weighted by molar-refractivity contribution is 0.297. The Morgan fingerprint density at radius 3 is 2.67 bits per heavy atom. The maximum atomic E-state index is 5.72. The molecule has 2 aromatic rings. The Kier molecular flexibility index (Phi) is 4.36. The van der Waals surface area contributed by atoms with Gasteiger partial charge in [-0.3, -0.25) is 4.98 Å². The average Bonchev–Trinajstić information content (AvgIpc) is 2.78. The molecule has 4 nitrogen and oxygen atoms in total. The number of ether oxygens (including phenoxy) is 2. The first-order chi connectivity index (χ1) is 10.3. The fourth-order valence-corrected chi connectivity index (χ4v) is 2.36. The molecule has 0 fully saturated rings. The summed E-state index contributed by atoms with van der Waals surface area (Å²) in [6.07, 6.45) is 4.57. The normalized spacial score (nSPS) is 15.3. The first-order valence-corrected chi connectivity index (χ1v) is 7.35. The van der Waals surface area contributed by atoms with E-state index in [2.05, 4.69) is 29.4 Å². The summed E-state index contributed by atoms with van der Waals surface area (Å²) in [5, 5.41) is 3.51. The van der Waals surface area contributed by atoms with Crippen LogP contribution < -0.4 is 14.8 Å². The summed E-state index contributed by atoms with van der Waals surface area (Å²) >= 11 is 0. The minimum absolute atomic E-state index is 0.281. The summed E-state index contributed by atoms with van der Waals surface area (Å²) in [4.78, 5) is 4.04. The summed E-state index contributed by atoms with van der Waals surface area (Å²) in [6, 6.07) is 10.5. The quantitative estimate of drug-likeness (QED) is 0.937. The van der Waals surface area contributed by atoms with Crippen LogP contribution in [-0.4, -0.2) is 18.2 Å². The van der Waals surface area contributed by atoms with Crippen LogP contribution in [0.15, 0.2) is 42.7 Å². The Morgan fingerprint density at radius 1 is 1.10 bits per heavy atom. The zero-order valence-electron chi connectivity index (χ0n) is 12.2. The fourth-order valence-electron chi connectivity index (χ4n) is 2.36. The van der Waals surface area contributed by atoms with E-state index in [1.807, 2.05) is 30.6 Å². The Morgan fingerprint density at radius 2 is 1.86 bits per heavy atom. The Hall–Kier alpha value is -2.07. The van der Waals surface area contributed by atoms with Crippen LogP contribution in [0, 0.1) is 0 Å². The molecule has 0 radical (unpaired) electrons. The second-order valence-electron chi connectivity index (χ2n) is 5.21. The van der Waals surface area contributed by atoms with E-state index >= 15 is 0 Å². The summed E-state index contributed by atoms with van der Waals surface area (Å²) in [7, 11) is 0. The van der Waals surface area contributed by atoms with Gasteiger partial charge in [0.25, 0.3) is 0 Å². The van der Waals surface area contributed by atoms with Gasteiger partial charge in [0.1, 0.15) is 0 Å². The van der Waals surface area contributed by atoms with Crippen molar-refractivity contribution in [3.63, 3.8) is 0 Å². The molecule has 0 aliphatic carbocycles. The molecular weight excluding hydrogens is 264 g/mol.